The number of benzene rings is 9. The molecule has 0 unspecified atom stereocenters. The molecule has 1 heterocycles. The number of aromatic amines is 1. The molecule has 1 atom stereocenters. The van der Waals surface area contributed by atoms with Gasteiger partial charge in [-0.1, -0.05) is 227 Å². The van der Waals surface area contributed by atoms with Crippen LogP contribution in [0.25, 0.3) is 43.7 Å². The predicted octanol–water partition coefficient (Wildman–Crippen LogP) is 13.2. The first kappa shape index (κ1) is 45.6. The van der Waals surface area contributed by atoms with E-state index in [1.165, 1.54) is 64.5 Å². The zero-order valence-electron chi connectivity index (χ0n) is 35.9. The maximum atomic E-state index is 6.14. The molecule has 0 aliphatic carbocycles. The van der Waals surface area contributed by atoms with Crippen molar-refractivity contribution in [1.82, 2.24) is 9.97 Å². The first-order valence-corrected chi connectivity index (χ1v) is 28.3. The van der Waals surface area contributed by atoms with Crippen molar-refractivity contribution in [2.24, 2.45) is 11.1 Å². The summed E-state index contributed by atoms with van der Waals surface area (Å²) in [5.41, 5.74) is 10.9. The molecule has 0 radical (unpaired) electrons. The first-order valence-electron chi connectivity index (χ1n) is 21.2. The third-order valence-electron chi connectivity index (χ3n) is 11.2. The summed E-state index contributed by atoms with van der Waals surface area (Å²) < 4.78 is 0. The van der Waals surface area contributed by atoms with Gasteiger partial charge < -0.3 is 10.7 Å². The summed E-state index contributed by atoms with van der Waals surface area (Å²) >= 11 is -0.346. The predicted molar refractivity (Wildman–Crippen MR) is 278 cm³/mol. The molecule has 10 rings (SSSR count). The van der Waals surface area contributed by atoms with Crippen LogP contribution in [0.3, 0.4) is 0 Å². The minimum absolute atomic E-state index is 0.0217. The van der Waals surface area contributed by atoms with Crippen molar-refractivity contribution in [2.45, 2.75) is 26.8 Å². The number of H-pyrrole nitrogens is 1. The van der Waals surface area contributed by atoms with Gasteiger partial charge in [-0.3, -0.25) is 0 Å². The van der Waals surface area contributed by atoms with E-state index in [2.05, 4.69) is 225 Å². The van der Waals surface area contributed by atoms with Crippen molar-refractivity contribution in [1.29, 1.82) is 0 Å². The summed E-state index contributed by atoms with van der Waals surface area (Å²) in [5.74, 6) is 0.865. The van der Waals surface area contributed by atoms with Gasteiger partial charge in [-0.25, -0.2) is 4.98 Å². The standard InChI is InChI=1S/C44H32P2.C12H17N3.2ClH.Ru/c1-5-19-35(20-6-1)45(36-21-7-2-8-22-36)41-31-29-33-17-13-15-27-39(33)43(41)44-40-28-16-14-18-34(40)30-32-42(44)46(37-23-9-3-10-24-37)38-25-11-4-12-26-38;1-12(2,3)10(13)11-14-8-6-4-5-7-9(8)15-11;;;/h1-32H;4-7,10H,13H2,1-3H3,(H,14,15);2*1H;/q;;;;+2/p-2/t;10-;;;/m.1.../s1. The number of halogens is 2. The maximum absolute atomic E-state index is 6.14. The first-order chi connectivity index (χ1) is 31.3. The Morgan fingerprint density at radius 2 is 0.812 bits per heavy atom. The van der Waals surface area contributed by atoms with Crippen molar-refractivity contribution in [3.8, 4) is 11.1 Å². The Balaban J connectivity index is 0.000000261. The van der Waals surface area contributed by atoms with Gasteiger partial charge in [0.15, 0.2) is 0 Å². The van der Waals surface area contributed by atoms with Crippen molar-refractivity contribution >= 4 is 99.6 Å². The fourth-order valence-electron chi connectivity index (χ4n) is 8.11. The average Bonchev–Trinajstić information content (AvgIpc) is 3.78. The van der Waals surface area contributed by atoms with Crippen molar-refractivity contribution in [3.63, 3.8) is 0 Å². The van der Waals surface area contributed by atoms with Crippen LogP contribution in [0.2, 0.25) is 0 Å². The molecule has 8 heteroatoms. The molecule has 1 aromatic heterocycles. The second-order valence-corrected chi connectivity index (χ2v) is 23.4. The van der Waals surface area contributed by atoms with Crippen LogP contribution in [0.15, 0.2) is 218 Å². The van der Waals surface area contributed by atoms with Gasteiger partial charge in [-0.05, 0) is 97.9 Å². The van der Waals surface area contributed by atoms with Crippen LogP contribution in [0.4, 0.5) is 0 Å². The molecule has 3 N–H and O–H groups in total. The number of nitrogens with zero attached hydrogens (tertiary/aromatic N) is 1. The second kappa shape index (κ2) is 21.3. The summed E-state index contributed by atoms with van der Waals surface area (Å²) in [6.07, 6.45) is 0. The van der Waals surface area contributed by atoms with Gasteiger partial charge >= 0.3 is 34.5 Å². The topological polar surface area (TPSA) is 54.7 Å². The Morgan fingerprint density at radius 3 is 1.19 bits per heavy atom. The number of nitrogens with two attached hydrogens (primary N) is 1. The minimum atomic E-state index is -0.852. The second-order valence-electron chi connectivity index (χ2n) is 16.4. The smallest absolute Gasteiger partial charge is 0.000884 e. The van der Waals surface area contributed by atoms with Crippen LogP contribution in [0.5, 0.6) is 0 Å². The number of hydrogen-bond donors (Lipinski definition) is 2. The van der Waals surface area contributed by atoms with Gasteiger partial charge in [0.2, 0.25) is 0 Å². The molecule has 0 bridgehead atoms. The van der Waals surface area contributed by atoms with Crippen LogP contribution in [0, 0.1) is 5.41 Å². The van der Waals surface area contributed by atoms with E-state index in [1.54, 1.807) is 0 Å². The molecule has 9 aromatic carbocycles. The molecule has 3 nitrogen and oxygen atoms in total. The molecule has 0 aliphatic rings. The van der Waals surface area contributed by atoms with Gasteiger partial charge in [0.25, 0.3) is 0 Å². The van der Waals surface area contributed by atoms with Crippen LogP contribution in [0.1, 0.15) is 32.6 Å². The van der Waals surface area contributed by atoms with Gasteiger partial charge in [-0.15, -0.1) is 0 Å². The zero-order chi connectivity index (χ0) is 44.5. The van der Waals surface area contributed by atoms with Gasteiger partial charge in [-0.2, -0.15) is 0 Å². The maximum Gasteiger partial charge on any atom is -0.000884 e. The van der Waals surface area contributed by atoms with Gasteiger partial charge in [0.05, 0.1) is 17.1 Å². The summed E-state index contributed by atoms with van der Waals surface area (Å²) in [6.45, 7) is 6.35. The number of para-hydroxylation sites is 2. The molecule has 0 amide bonds. The van der Waals surface area contributed by atoms with Crippen LogP contribution < -0.4 is 37.6 Å². The normalized spacial score (nSPS) is 11.9. The Kier molecular flexibility index (Phi) is 15.2. The van der Waals surface area contributed by atoms with Crippen molar-refractivity contribution < 1.29 is 15.1 Å². The number of nitrogens with one attached hydrogen (secondary N) is 1. The molecule has 0 fully saturated rings. The molecule has 0 saturated heterocycles. The monoisotopic (exact) mass is 997 g/mol. The van der Waals surface area contributed by atoms with Crippen molar-refractivity contribution in [2.75, 3.05) is 0 Å². The Bertz CT molecular complexity index is 2790. The quantitative estimate of drug-likeness (QED) is 0.118. The minimum Gasteiger partial charge on any atom is -0.0622 e. The molecule has 64 heavy (non-hydrogen) atoms. The fraction of sp³-hybridized carbons (Fsp3) is 0.0893. The van der Waals surface area contributed by atoms with Crippen LogP contribution >= 0.6 is 35.2 Å². The molecule has 0 spiro atoms. The van der Waals surface area contributed by atoms with E-state index in [4.69, 9.17) is 25.1 Å². The number of aromatic nitrogens is 2. The largest absolute Gasteiger partial charge is 0.0622 e. The average molecular weight is 998 g/mol. The molecule has 320 valence electrons. The van der Waals surface area contributed by atoms with E-state index in [9.17, 15) is 0 Å². The Morgan fingerprint density at radius 1 is 0.469 bits per heavy atom. The number of hydrogen-bond acceptors (Lipinski definition) is 2. The third kappa shape index (κ3) is 10.3. The summed E-state index contributed by atoms with van der Waals surface area (Å²) in [7, 11) is 8.00. The summed E-state index contributed by atoms with van der Waals surface area (Å²) in [5, 5.41) is 13.3. The van der Waals surface area contributed by atoms with E-state index >= 15 is 0 Å². The van der Waals surface area contributed by atoms with Gasteiger partial charge in [0.1, 0.15) is 5.82 Å². The van der Waals surface area contributed by atoms with Crippen LogP contribution in [-0.2, 0) is 15.1 Å². The number of imidazole rings is 1. The molecule has 0 aliphatic heterocycles. The summed E-state index contributed by atoms with van der Waals surface area (Å²) in [4.78, 5) is 7.76. The number of rotatable bonds is 8. The Hall–Kier alpha value is -5.01. The SMILES string of the molecule is CC(C)(C)[C@H](N)c1nc2ccccc2[nH]1.[Cl][Ru][Cl].c1ccc(P(c2ccccc2)c2ccc3ccccc3c2-c2c(P(c3ccccc3)c3ccccc3)ccc3ccccc23)cc1. The van der Waals surface area contributed by atoms with E-state index in [1.807, 2.05) is 24.3 Å². The van der Waals surface area contributed by atoms with Crippen molar-refractivity contribution in [3.05, 3.63) is 224 Å². The van der Waals surface area contributed by atoms with E-state index in [-0.39, 0.29) is 26.6 Å². The molecule has 10 aromatic rings. The summed E-state index contributed by atoms with van der Waals surface area (Å²) in [6, 6.07) is 79.7. The Labute approximate surface area is 395 Å². The third-order valence-corrected chi connectivity index (χ3v) is 16.2. The van der Waals surface area contributed by atoms with E-state index in [0.29, 0.717) is 0 Å². The molecule has 0 saturated carbocycles. The molecular formula is C56H49Cl2N3P2Ru. The molecular weight excluding hydrogens is 949 g/mol. The zero-order valence-corrected chi connectivity index (χ0v) is 40.9. The number of fused-ring (bicyclic) bond motifs is 3. The van der Waals surface area contributed by atoms with E-state index in [0.717, 1.165) is 16.9 Å². The van der Waals surface area contributed by atoms with Crippen LogP contribution in [-0.4, -0.2) is 9.97 Å². The fourth-order valence-corrected chi connectivity index (χ4v) is 13.1. The van der Waals surface area contributed by atoms with E-state index < -0.39 is 15.8 Å². The van der Waals surface area contributed by atoms with Gasteiger partial charge in [0, 0.05) is 0 Å².